The minimum Gasteiger partial charge on any atom is -0.490 e. The Morgan fingerprint density at radius 3 is 2.80 bits per heavy atom. The fourth-order valence-corrected chi connectivity index (χ4v) is 2.80. The van der Waals surface area contributed by atoms with Gasteiger partial charge in [-0.2, -0.15) is 0 Å². The third-order valence-electron chi connectivity index (χ3n) is 4.02. The number of benzene rings is 1. The normalized spacial score (nSPS) is 19.4. The fraction of sp³-hybridized carbons (Fsp3) is 0.471. The Hall–Kier alpha value is -2.77. The van der Waals surface area contributed by atoms with Gasteiger partial charge in [0.1, 0.15) is 12.6 Å². The molecule has 1 unspecified atom stereocenters. The van der Waals surface area contributed by atoms with Gasteiger partial charge < -0.3 is 20.1 Å². The third kappa shape index (κ3) is 3.84. The van der Waals surface area contributed by atoms with E-state index in [0.717, 1.165) is 17.7 Å². The summed E-state index contributed by atoms with van der Waals surface area (Å²) in [6.07, 6.45) is 2.13. The highest BCUT2D eigenvalue weighted by Crippen LogP contribution is 2.32. The lowest BCUT2D eigenvalue weighted by molar-refractivity contribution is -0.130. The van der Waals surface area contributed by atoms with Crippen molar-refractivity contribution < 1.29 is 23.9 Å². The number of hydrogen-bond acceptors (Lipinski definition) is 5. The van der Waals surface area contributed by atoms with Crippen LogP contribution in [0.5, 0.6) is 11.5 Å². The lowest BCUT2D eigenvalue weighted by Crippen LogP contribution is -2.38. The molecule has 1 atom stereocenters. The smallest absolute Gasteiger partial charge is 0.325 e. The van der Waals surface area contributed by atoms with Crippen molar-refractivity contribution in [3.8, 4) is 11.5 Å². The van der Waals surface area contributed by atoms with Crippen LogP contribution in [0.15, 0.2) is 18.2 Å². The number of carbonyl (C=O) groups is 3. The second-order valence-corrected chi connectivity index (χ2v) is 5.98. The largest absolute Gasteiger partial charge is 0.490 e. The van der Waals surface area contributed by atoms with Gasteiger partial charge in [-0.3, -0.25) is 14.5 Å². The Morgan fingerprint density at radius 1 is 1.28 bits per heavy atom. The van der Waals surface area contributed by atoms with Crippen LogP contribution in [0, 0.1) is 0 Å². The summed E-state index contributed by atoms with van der Waals surface area (Å²) in [5, 5.41) is 5.27. The first-order valence-corrected chi connectivity index (χ1v) is 8.40. The van der Waals surface area contributed by atoms with Crippen molar-refractivity contribution in [3.63, 3.8) is 0 Å². The molecule has 134 valence electrons. The van der Waals surface area contributed by atoms with Gasteiger partial charge in [0.05, 0.1) is 13.2 Å². The number of ether oxygens (including phenoxy) is 2. The van der Waals surface area contributed by atoms with E-state index in [9.17, 15) is 14.4 Å². The van der Waals surface area contributed by atoms with E-state index < -0.39 is 18.0 Å². The van der Waals surface area contributed by atoms with E-state index in [0.29, 0.717) is 36.8 Å². The molecule has 0 radical (unpaired) electrons. The van der Waals surface area contributed by atoms with Crippen molar-refractivity contribution in [2.75, 3.05) is 25.1 Å². The summed E-state index contributed by atoms with van der Waals surface area (Å²) >= 11 is 0. The predicted octanol–water partition coefficient (Wildman–Crippen LogP) is 1.51. The summed E-state index contributed by atoms with van der Waals surface area (Å²) in [6.45, 7) is 2.74. The minimum atomic E-state index is -0.539. The molecule has 2 aliphatic rings. The van der Waals surface area contributed by atoms with Crippen LogP contribution in [-0.2, 0) is 9.59 Å². The molecular weight excluding hydrogens is 326 g/mol. The van der Waals surface area contributed by atoms with Crippen molar-refractivity contribution >= 4 is 23.5 Å². The van der Waals surface area contributed by atoms with Gasteiger partial charge in [0.15, 0.2) is 11.5 Å². The van der Waals surface area contributed by atoms with Gasteiger partial charge in [-0.25, -0.2) is 4.79 Å². The second-order valence-electron chi connectivity index (χ2n) is 5.98. The van der Waals surface area contributed by atoms with Crippen LogP contribution in [0.25, 0.3) is 0 Å². The standard InChI is InChI=1S/C17H21N3O5/c1-2-4-12-16(22)20(17(23)19-12)10-15(21)18-11-5-6-13-14(9-11)25-8-3-7-24-13/h5-6,9,12H,2-4,7-8,10H2,1H3,(H,18,21)(H,19,23). The van der Waals surface area contributed by atoms with Crippen LogP contribution >= 0.6 is 0 Å². The monoisotopic (exact) mass is 347 g/mol. The Morgan fingerprint density at radius 2 is 2.04 bits per heavy atom. The number of carbonyl (C=O) groups excluding carboxylic acids is 3. The Kier molecular flexibility index (Phi) is 5.06. The minimum absolute atomic E-state index is 0.320. The van der Waals surface area contributed by atoms with E-state index in [2.05, 4.69) is 10.6 Å². The predicted molar refractivity (Wildman–Crippen MR) is 89.6 cm³/mol. The maximum Gasteiger partial charge on any atom is 0.325 e. The number of anilines is 1. The zero-order chi connectivity index (χ0) is 17.8. The Labute approximate surface area is 145 Å². The van der Waals surface area contributed by atoms with Gasteiger partial charge in [-0.1, -0.05) is 13.3 Å². The van der Waals surface area contributed by atoms with Crippen LogP contribution in [0.3, 0.4) is 0 Å². The van der Waals surface area contributed by atoms with E-state index in [1.807, 2.05) is 6.92 Å². The summed E-state index contributed by atoms with van der Waals surface area (Å²) in [6, 6.07) is 4.02. The molecular formula is C17H21N3O5. The molecule has 1 aromatic rings. The SMILES string of the molecule is CCCC1NC(=O)N(CC(=O)Nc2ccc3c(c2)OCCCO3)C1=O. The molecule has 2 heterocycles. The number of fused-ring (bicyclic) bond motifs is 1. The number of urea groups is 1. The molecule has 0 aliphatic carbocycles. The average Bonchev–Trinajstić information content (AvgIpc) is 2.77. The number of hydrogen-bond donors (Lipinski definition) is 2. The van der Waals surface area contributed by atoms with Crippen LogP contribution in [0.2, 0.25) is 0 Å². The zero-order valence-corrected chi connectivity index (χ0v) is 14.0. The molecule has 25 heavy (non-hydrogen) atoms. The van der Waals surface area contributed by atoms with Crippen LogP contribution in [0.1, 0.15) is 26.2 Å². The van der Waals surface area contributed by atoms with E-state index in [1.165, 1.54) is 0 Å². The topological polar surface area (TPSA) is 97.0 Å². The van der Waals surface area contributed by atoms with Gasteiger partial charge in [-0.05, 0) is 18.6 Å². The molecule has 1 aromatic carbocycles. The fourth-order valence-electron chi connectivity index (χ4n) is 2.80. The number of imide groups is 1. The van der Waals surface area contributed by atoms with E-state index >= 15 is 0 Å². The highest BCUT2D eigenvalue weighted by Gasteiger charge is 2.38. The number of rotatable bonds is 5. The first-order valence-electron chi connectivity index (χ1n) is 8.40. The van der Waals surface area contributed by atoms with E-state index in [4.69, 9.17) is 9.47 Å². The van der Waals surface area contributed by atoms with E-state index in [1.54, 1.807) is 18.2 Å². The Bertz CT molecular complexity index is 691. The third-order valence-corrected chi connectivity index (χ3v) is 4.02. The molecule has 0 aromatic heterocycles. The molecule has 0 spiro atoms. The van der Waals surface area contributed by atoms with Gasteiger partial charge in [0.25, 0.3) is 5.91 Å². The maximum atomic E-state index is 12.2. The number of nitrogens with zero attached hydrogens (tertiary/aromatic N) is 1. The van der Waals surface area contributed by atoms with Gasteiger partial charge >= 0.3 is 6.03 Å². The molecule has 1 saturated heterocycles. The zero-order valence-electron chi connectivity index (χ0n) is 14.0. The average molecular weight is 347 g/mol. The first-order chi connectivity index (χ1) is 12.1. The van der Waals surface area contributed by atoms with Crippen molar-refractivity contribution in [1.29, 1.82) is 0 Å². The van der Waals surface area contributed by atoms with Crippen LogP contribution < -0.4 is 20.1 Å². The molecule has 1 fully saturated rings. The Balaban J connectivity index is 1.62. The lowest BCUT2D eigenvalue weighted by atomic mass is 10.2. The summed E-state index contributed by atoms with van der Waals surface area (Å²) < 4.78 is 11.1. The lowest BCUT2D eigenvalue weighted by Gasteiger charge is -2.14. The van der Waals surface area contributed by atoms with Crippen LogP contribution in [0.4, 0.5) is 10.5 Å². The highest BCUT2D eigenvalue weighted by molar-refractivity contribution is 6.07. The van der Waals surface area contributed by atoms with E-state index in [-0.39, 0.29) is 12.5 Å². The van der Waals surface area contributed by atoms with Crippen molar-refractivity contribution in [2.45, 2.75) is 32.2 Å². The van der Waals surface area contributed by atoms with Crippen molar-refractivity contribution in [2.24, 2.45) is 0 Å². The van der Waals surface area contributed by atoms with Crippen molar-refractivity contribution in [1.82, 2.24) is 10.2 Å². The summed E-state index contributed by atoms with van der Waals surface area (Å²) in [5.74, 6) is 0.385. The molecule has 2 N–H and O–H groups in total. The van der Waals surface area contributed by atoms with Gasteiger partial charge in [0, 0.05) is 18.2 Å². The maximum absolute atomic E-state index is 12.2. The summed E-state index contributed by atoms with van der Waals surface area (Å²) in [4.78, 5) is 37.2. The summed E-state index contributed by atoms with van der Waals surface area (Å²) in [7, 11) is 0. The first kappa shape index (κ1) is 17.1. The van der Waals surface area contributed by atoms with Crippen molar-refractivity contribution in [3.05, 3.63) is 18.2 Å². The second kappa shape index (κ2) is 7.42. The quantitative estimate of drug-likeness (QED) is 0.787. The van der Waals surface area contributed by atoms with Gasteiger partial charge in [0.2, 0.25) is 5.91 Å². The molecule has 4 amide bonds. The highest BCUT2D eigenvalue weighted by atomic mass is 16.5. The molecule has 3 rings (SSSR count). The molecule has 0 saturated carbocycles. The number of nitrogens with one attached hydrogen (secondary N) is 2. The number of amides is 4. The molecule has 0 bridgehead atoms. The molecule has 8 nitrogen and oxygen atoms in total. The van der Waals surface area contributed by atoms with Crippen LogP contribution in [-0.4, -0.2) is 48.5 Å². The molecule has 2 aliphatic heterocycles. The summed E-state index contributed by atoms with van der Waals surface area (Å²) in [5.41, 5.74) is 0.520. The van der Waals surface area contributed by atoms with Gasteiger partial charge in [-0.15, -0.1) is 0 Å². The molecule has 8 heteroatoms.